The van der Waals surface area contributed by atoms with Crippen molar-refractivity contribution in [2.24, 2.45) is 0 Å². The number of fused-ring (bicyclic) bond motifs is 3. The molecule has 0 saturated heterocycles. The Hall–Kier alpha value is -3.03. The molecule has 4 rings (SSSR count). The maximum Gasteiger partial charge on any atom is 0.408 e. The number of carboxylic acid groups (broad SMARTS) is 1. The second-order valence-electron chi connectivity index (χ2n) is 6.24. The van der Waals surface area contributed by atoms with E-state index in [9.17, 15) is 18.0 Å². The minimum absolute atomic E-state index is 0.0139. The fraction of sp³-hybridized carbons (Fsp3) is 0.333. The van der Waals surface area contributed by atoms with Gasteiger partial charge in [0.2, 0.25) is 0 Å². The summed E-state index contributed by atoms with van der Waals surface area (Å²) in [6.07, 6.45) is -2.87. The third kappa shape index (κ3) is 5.37. The van der Waals surface area contributed by atoms with Crippen LogP contribution in [0.5, 0.6) is 5.75 Å². The summed E-state index contributed by atoms with van der Waals surface area (Å²) >= 11 is 1.22. The number of hydrogen-bond acceptors (Lipinski definition) is 7. The number of aliphatic hydroxyl groups excluding tert-OH is 1. The molecule has 3 heterocycles. The van der Waals surface area contributed by atoms with E-state index in [1.165, 1.54) is 23.5 Å². The number of aliphatic hydroxyl groups is 1. The van der Waals surface area contributed by atoms with Crippen molar-refractivity contribution in [2.75, 3.05) is 19.8 Å². The minimum atomic E-state index is -4.43. The van der Waals surface area contributed by atoms with Crippen molar-refractivity contribution in [3.63, 3.8) is 0 Å². The molecule has 1 aromatic carbocycles. The fourth-order valence-corrected chi connectivity index (χ4v) is 3.82. The molecule has 0 aliphatic carbocycles. The van der Waals surface area contributed by atoms with E-state index >= 15 is 0 Å². The van der Waals surface area contributed by atoms with E-state index in [0.29, 0.717) is 35.0 Å². The highest BCUT2D eigenvalue weighted by Gasteiger charge is 2.31. The Morgan fingerprint density at radius 3 is 2.74 bits per heavy atom. The number of carbonyl (C=O) groups is 1. The smallest absolute Gasteiger partial charge is 0.408 e. The largest absolute Gasteiger partial charge is 0.676 e. The van der Waals surface area contributed by atoms with Crippen LogP contribution in [0.4, 0.5) is 13.2 Å². The van der Waals surface area contributed by atoms with Crippen LogP contribution in [0.15, 0.2) is 24.5 Å². The topological polar surface area (TPSA) is 134 Å². The molecule has 0 amide bonds. The van der Waals surface area contributed by atoms with E-state index in [4.69, 9.17) is 20.7 Å². The Bertz CT molecular complexity index is 1060. The van der Waals surface area contributed by atoms with E-state index in [1.807, 2.05) is 0 Å². The lowest BCUT2D eigenvalue weighted by atomic mass is 10.1. The van der Waals surface area contributed by atoms with Gasteiger partial charge in [0, 0.05) is 23.5 Å². The van der Waals surface area contributed by atoms with Gasteiger partial charge in [-0.1, -0.05) is 0 Å². The Morgan fingerprint density at radius 2 is 2.10 bits per heavy atom. The standard InChI is InChI=1S/C16H11F3N4O3S.C2H6NO/c17-16(18,19)6-23-13(20-7-21-23)14-22-12-9-2-1-8(15(24)25)5-10(9)26-4-3-11(12)27-14;3-1-2-4/h1-2,5,7H,3-4,6H2,(H,24,25);3-4H,1-2H2/q;-1. The van der Waals surface area contributed by atoms with Crippen LogP contribution in [0.25, 0.3) is 27.8 Å². The SMILES string of the molecule is O=C(O)c1ccc2c(c1)OCCc1sc(-c3ncnn3CC(F)(F)F)nc1-2.[NH-]CCO. The lowest BCUT2D eigenvalue weighted by molar-refractivity contribution is -0.142. The summed E-state index contributed by atoms with van der Waals surface area (Å²) in [4.78, 5) is 20.4. The number of alkyl halides is 3. The van der Waals surface area contributed by atoms with Gasteiger partial charge in [0.05, 0.1) is 17.9 Å². The average Bonchev–Trinajstić information content (AvgIpc) is 3.29. The van der Waals surface area contributed by atoms with Gasteiger partial charge < -0.3 is 20.7 Å². The molecule has 0 fully saturated rings. The zero-order valence-corrected chi connectivity index (χ0v) is 16.7. The Morgan fingerprint density at radius 1 is 1.35 bits per heavy atom. The number of halogens is 3. The highest BCUT2D eigenvalue weighted by atomic mass is 32.1. The molecule has 3 aromatic rings. The first-order chi connectivity index (χ1) is 14.7. The van der Waals surface area contributed by atoms with Crippen molar-refractivity contribution in [1.82, 2.24) is 19.7 Å². The van der Waals surface area contributed by atoms with Crippen LogP contribution >= 0.6 is 11.3 Å². The maximum absolute atomic E-state index is 12.7. The van der Waals surface area contributed by atoms with Gasteiger partial charge >= 0.3 is 12.1 Å². The van der Waals surface area contributed by atoms with Gasteiger partial charge in [-0.2, -0.15) is 18.3 Å². The molecule has 0 unspecified atom stereocenters. The molecule has 1 aliphatic heterocycles. The number of nitrogens with one attached hydrogen (secondary N) is 1. The third-order valence-corrected chi connectivity index (χ3v) is 5.13. The van der Waals surface area contributed by atoms with Crippen LogP contribution in [0.2, 0.25) is 0 Å². The predicted octanol–water partition coefficient (Wildman–Crippen LogP) is 3.29. The highest BCUT2D eigenvalue weighted by Crippen LogP contribution is 2.40. The number of nitrogens with zero attached hydrogens (tertiary/aromatic N) is 4. The molecule has 1 aliphatic rings. The van der Waals surface area contributed by atoms with Crippen LogP contribution in [-0.2, 0) is 13.0 Å². The van der Waals surface area contributed by atoms with E-state index in [-0.39, 0.29) is 24.5 Å². The van der Waals surface area contributed by atoms with E-state index in [2.05, 4.69) is 15.1 Å². The number of carboxylic acids is 1. The number of hydrogen-bond donors (Lipinski definition) is 2. The molecule has 13 heteroatoms. The molecule has 2 aromatic heterocycles. The Balaban J connectivity index is 0.000000628. The van der Waals surface area contributed by atoms with Gasteiger partial charge in [-0.25, -0.2) is 19.4 Å². The van der Waals surface area contributed by atoms with Crippen molar-refractivity contribution in [2.45, 2.75) is 19.1 Å². The van der Waals surface area contributed by atoms with Crippen molar-refractivity contribution in [3.8, 4) is 27.8 Å². The lowest BCUT2D eigenvalue weighted by Gasteiger charge is -2.08. The quantitative estimate of drug-likeness (QED) is 0.615. The third-order valence-electron chi connectivity index (χ3n) is 4.02. The van der Waals surface area contributed by atoms with Gasteiger partial charge in [0.15, 0.2) is 10.8 Å². The summed E-state index contributed by atoms with van der Waals surface area (Å²) in [6.45, 7) is -0.839. The monoisotopic (exact) mass is 456 g/mol. The number of thiazole rings is 1. The van der Waals surface area contributed by atoms with Gasteiger partial charge in [-0.15, -0.1) is 17.9 Å². The summed E-state index contributed by atoms with van der Waals surface area (Å²) in [7, 11) is 0. The molecular formula is C18H17F3N5O4S-. The number of benzene rings is 1. The predicted molar refractivity (Wildman–Crippen MR) is 105 cm³/mol. The van der Waals surface area contributed by atoms with Crippen LogP contribution in [0, 0.1) is 0 Å². The lowest BCUT2D eigenvalue weighted by Crippen LogP contribution is -2.19. The highest BCUT2D eigenvalue weighted by molar-refractivity contribution is 7.15. The van der Waals surface area contributed by atoms with E-state index in [1.54, 1.807) is 6.07 Å². The van der Waals surface area contributed by atoms with Crippen molar-refractivity contribution in [3.05, 3.63) is 40.7 Å². The molecule has 31 heavy (non-hydrogen) atoms. The molecule has 0 bridgehead atoms. The summed E-state index contributed by atoms with van der Waals surface area (Å²) in [5.74, 6) is -0.664. The van der Waals surface area contributed by atoms with Gasteiger partial charge in [-0.3, -0.25) is 0 Å². The van der Waals surface area contributed by atoms with E-state index in [0.717, 1.165) is 15.9 Å². The average molecular weight is 456 g/mol. The molecule has 0 atom stereocenters. The summed E-state index contributed by atoms with van der Waals surface area (Å²) in [5.41, 5.74) is 7.43. The number of aromatic carboxylic acids is 1. The molecule has 166 valence electrons. The number of aromatic nitrogens is 4. The van der Waals surface area contributed by atoms with Gasteiger partial charge in [0.25, 0.3) is 0 Å². The zero-order chi connectivity index (χ0) is 22.6. The number of rotatable bonds is 4. The van der Waals surface area contributed by atoms with Crippen LogP contribution in [0.1, 0.15) is 15.2 Å². The maximum atomic E-state index is 12.7. The second kappa shape index (κ2) is 9.41. The molecule has 0 saturated carbocycles. The van der Waals surface area contributed by atoms with Crippen molar-refractivity contribution in [1.29, 1.82) is 0 Å². The molecule has 0 spiro atoms. The minimum Gasteiger partial charge on any atom is -0.676 e. The molecule has 0 radical (unpaired) electrons. The van der Waals surface area contributed by atoms with Crippen molar-refractivity contribution < 1.29 is 32.9 Å². The van der Waals surface area contributed by atoms with Gasteiger partial charge in [-0.05, 0) is 18.2 Å². The Kier molecular flexibility index (Phi) is 6.87. The van der Waals surface area contributed by atoms with Crippen LogP contribution < -0.4 is 4.74 Å². The second-order valence-corrected chi connectivity index (χ2v) is 7.32. The molecule has 9 nitrogen and oxygen atoms in total. The first kappa shape index (κ1) is 22.7. The fourth-order valence-electron chi connectivity index (χ4n) is 2.77. The molecule has 3 N–H and O–H groups in total. The van der Waals surface area contributed by atoms with Gasteiger partial charge in [0.1, 0.15) is 18.6 Å². The number of ether oxygens (including phenoxy) is 1. The zero-order valence-electron chi connectivity index (χ0n) is 15.9. The summed E-state index contributed by atoms with van der Waals surface area (Å²) in [5, 5.41) is 20.8. The summed E-state index contributed by atoms with van der Waals surface area (Å²) in [6, 6.07) is 4.44. The van der Waals surface area contributed by atoms with E-state index < -0.39 is 18.7 Å². The van der Waals surface area contributed by atoms with Crippen LogP contribution in [-0.4, -0.2) is 61.9 Å². The first-order valence-electron chi connectivity index (χ1n) is 8.94. The van der Waals surface area contributed by atoms with Crippen LogP contribution in [0.3, 0.4) is 0 Å². The normalized spacial score (nSPS) is 12.7. The summed E-state index contributed by atoms with van der Waals surface area (Å²) < 4.78 is 44.6. The Labute approximate surface area is 177 Å². The first-order valence-corrected chi connectivity index (χ1v) is 9.75. The molecular weight excluding hydrogens is 439 g/mol. The van der Waals surface area contributed by atoms with Crippen molar-refractivity contribution >= 4 is 17.3 Å².